The van der Waals surface area contributed by atoms with Crippen LogP contribution in [0.2, 0.25) is 0 Å². The van der Waals surface area contributed by atoms with Crippen LogP contribution < -0.4 is 16.6 Å². The molecule has 0 fully saturated rings. The Bertz CT molecular complexity index is 1090. The third kappa shape index (κ3) is 5.07. The number of aromatic nitrogens is 2. The lowest BCUT2D eigenvalue weighted by Crippen LogP contribution is -2.44. The number of nitrogens with one attached hydrogen (secondary N) is 1. The zero-order chi connectivity index (χ0) is 22.6. The SMILES string of the molecule is CCn1cc(C#N)c(=O)n(CC(=O)NCCc2c(C)cc(C(C)(C)C)cc2C)c1=O. The van der Waals surface area contributed by atoms with Crippen LogP contribution in [0.5, 0.6) is 0 Å². The highest BCUT2D eigenvalue weighted by atomic mass is 16.2. The number of nitrogens with zero attached hydrogens (tertiary/aromatic N) is 3. The van der Waals surface area contributed by atoms with Gasteiger partial charge in [-0.1, -0.05) is 32.9 Å². The van der Waals surface area contributed by atoms with E-state index in [-0.39, 0.29) is 11.0 Å². The average Bonchev–Trinajstić information content (AvgIpc) is 2.66. The zero-order valence-corrected chi connectivity index (χ0v) is 18.6. The second-order valence-corrected chi connectivity index (χ2v) is 8.55. The van der Waals surface area contributed by atoms with Crippen molar-refractivity contribution in [2.45, 2.75) is 66.5 Å². The maximum atomic E-state index is 12.4. The maximum absolute atomic E-state index is 12.4. The number of hydrogen-bond donors (Lipinski definition) is 1. The van der Waals surface area contributed by atoms with E-state index in [9.17, 15) is 14.4 Å². The van der Waals surface area contributed by atoms with Gasteiger partial charge in [0.15, 0.2) is 0 Å². The summed E-state index contributed by atoms with van der Waals surface area (Å²) in [4.78, 5) is 37.0. The van der Waals surface area contributed by atoms with Crippen molar-refractivity contribution >= 4 is 5.91 Å². The number of benzene rings is 1. The van der Waals surface area contributed by atoms with Crippen LogP contribution in [0.15, 0.2) is 27.9 Å². The minimum absolute atomic E-state index is 0.0683. The van der Waals surface area contributed by atoms with E-state index < -0.39 is 23.7 Å². The Kier molecular flexibility index (Phi) is 7.04. The summed E-state index contributed by atoms with van der Waals surface area (Å²) in [7, 11) is 0. The number of carbonyl (C=O) groups excluding carboxylic acids is 1. The molecule has 1 N–H and O–H groups in total. The van der Waals surface area contributed by atoms with Gasteiger partial charge in [-0.25, -0.2) is 9.36 Å². The third-order valence-corrected chi connectivity index (χ3v) is 5.26. The first-order valence-electron chi connectivity index (χ1n) is 10.1. The van der Waals surface area contributed by atoms with Gasteiger partial charge in [-0.05, 0) is 54.9 Å². The summed E-state index contributed by atoms with van der Waals surface area (Å²) in [6.07, 6.45) is 1.88. The molecule has 7 heteroatoms. The molecule has 0 aliphatic carbocycles. The lowest BCUT2D eigenvalue weighted by atomic mass is 9.83. The van der Waals surface area contributed by atoms with E-state index in [2.05, 4.69) is 52.1 Å². The van der Waals surface area contributed by atoms with Gasteiger partial charge in [0.1, 0.15) is 18.2 Å². The average molecular weight is 411 g/mol. The van der Waals surface area contributed by atoms with Crippen molar-refractivity contribution in [1.82, 2.24) is 14.5 Å². The highest BCUT2D eigenvalue weighted by Crippen LogP contribution is 2.27. The van der Waals surface area contributed by atoms with E-state index >= 15 is 0 Å². The first-order valence-corrected chi connectivity index (χ1v) is 10.1. The molecule has 2 aromatic rings. The lowest BCUT2D eigenvalue weighted by Gasteiger charge is -2.22. The van der Waals surface area contributed by atoms with Crippen LogP contribution in [-0.2, 0) is 29.7 Å². The van der Waals surface area contributed by atoms with Crippen LogP contribution in [-0.4, -0.2) is 21.6 Å². The number of nitriles is 1. The van der Waals surface area contributed by atoms with Gasteiger partial charge in [-0.2, -0.15) is 5.26 Å². The van der Waals surface area contributed by atoms with Gasteiger partial charge in [0, 0.05) is 19.3 Å². The Morgan fingerprint density at radius 2 is 1.77 bits per heavy atom. The second kappa shape index (κ2) is 9.12. The summed E-state index contributed by atoms with van der Waals surface area (Å²) in [5, 5.41) is 11.9. The van der Waals surface area contributed by atoms with Crippen molar-refractivity contribution in [2.24, 2.45) is 0 Å². The maximum Gasteiger partial charge on any atom is 0.331 e. The Labute approximate surface area is 177 Å². The fourth-order valence-electron chi connectivity index (χ4n) is 3.44. The van der Waals surface area contributed by atoms with Gasteiger partial charge in [0.2, 0.25) is 5.91 Å². The van der Waals surface area contributed by atoms with Gasteiger partial charge in [-0.3, -0.25) is 14.2 Å². The molecule has 160 valence electrons. The monoisotopic (exact) mass is 410 g/mol. The van der Waals surface area contributed by atoms with Crippen LogP contribution in [0.25, 0.3) is 0 Å². The summed E-state index contributed by atoms with van der Waals surface area (Å²) < 4.78 is 2.06. The molecule has 0 aliphatic heterocycles. The van der Waals surface area contributed by atoms with E-state index in [1.165, 1.54) is 33.0 Å². The molecule has 1 heterocycles. The fourth-order valence-corrected chi connectivity index (χ4v) is 3.44. The summed E-state index contributed by atoms with van der Waals surface area (Å²) in [6.45, 7) is 12.7. The molecule has 2 rings (SSSR count). The number of carbonyl (C=O) groups is 1. The predicted molar refractivity (Wildman–Crippen MR) is 117 cm³/mol. The molecule has 0 bridgehead atoms. The van der Waals surface area contributed by atoms with E-state index in [4.69, 9.17) is 5.26 Å². The van der Waals surface area contributed by atoms with Crippen molar-refractivity contribution < 1.29 is 4.79 Å². The molecule has 1 aromatic heterocycles. The summed E-state index contributed by atoms with van der Waals surface area (Å²) in [5.41, 5.74) is 3.38. The summed E-state index contributed by atoms with van der Waals surface area (Å²) >= 11 is 0. The molecule has 1 aromatic carbocycles. The quantitative estimate of drug-likeness (QED) is 0.789. The van der Waals surface area contributed by atoms with Crippen LogP contribution in [0.3, 0.4) is 0 Å². The molecular formula is C23H30N4O3. The molecular weight excluding hydrogens is 380 g/mol. The topological polar surface area (TPSA) is 96.9 Å². The molecule has 0 saturated heterocycles. The lowest BCUT2D eigenvalue weighted by molar-refractivity contribution is -0.121. The molecule has 30 heavy (non-hydrogen) atoms. The van der Waals surface area contributed by atoms with Crippen LogP contribution in [0, 0.1) is 25.2 Å². The van der Waals surface area contributed by atoms with Crippen molar-refractivity contribution in [3.05, 3.63) is 67.0 Å². The molecule has 0 atom stereocenters. The minimum atomic E-state index is -0.744. The fraction of sp³-hybridized carbons (Fsp3) is 0.478. The number of aryl methyl sites for hydroxylation is 3. The van der Waals surface area contributed by atoms with Gasteiger partial charge in [0.25, 0.3) is 5.56 Å². The Morgan fingerprint density at radius 3 is 2.27 bits per heavy atom. The van der Waals surface area contributed by atoms with E-state index in [1.54, 1.807) is 13.0 Å². The van der Waals surface area contributed by atoms with Crippen molar-refractivity contribution in [3.63, 3.8) is 0 Å². The molecule has 0 unspecified atom stereocenters. The Morgan fingerprint density at radius 1 is 1.17 bits per heavy atom. The molecule has 7 nitrogen and oxygen atoms in total. The van der Waals surface area contributed by atoms with Crippen LogP contribution in [0.4, 0.5) is 0 Å². The Balaban J connectivity index is 2.11. The first-order chi connectivity index (χ1) is 14.0. The van der Waals surface area contributed by atoms with Crippen LogP contribution >= 0.6 is 0 Å². The smallest absolute Gasteiger partial charge is 0.331 e. The molecule has 0 spiro atoms. The molecule has 0 radical (unpaired) electrons. The van der Waals surface area contributed by atoms with Gasteiger partial charge in [-0.15, -0.1) is 0 Å². The largest absolute Gasteiger partial charge is 0.354 e. The van der Waals surface area contributed by atoms with Crippen LogP contribution in [0.1, 0.15) is 55.5 Å². The normalized spacial score (nSPS) is 11.2. The second-order valence-electron chi connectivity index (χ2n) is 8.55. The first kappa shape index (κ1) is 23.1. The molecule has 1 amide bonds. The highest BCUT2D eigenvalue weighted by Gasteiger charge is 2.17. The minimum Gasteiger partial charge on any atom is -0.354 e. The van der Waals surface area contributed by atoms with Crippen molar-refractivity contribution in [3.8, 4) is 6.07 Å². The number of hydrogen-bond acceptors (Lipinski definition) is 4. The number of rotatable bonds is 6. The predicted octanol–water partition coefficient (Wildman–Crippen LogP) is 2.17. The summed E-state index contributed by atoms with van der Waals surface area (Å²) in [5.74, 6) is -0.437. The third-order valence-electron chi connectivity index (χ3n) is 5.26. The highest BCUT2D eigenvalue weighted by molar-refractivity contribution is 5.75. The van der Waals surface area contributed by atoms with E-state index in [0.29, 0.717) is 19.5 Å². The zero-order valence-electron chi connectivity index (χ0n) is 18.6. The molecule has 0 saturated carbocycles. The Hall–Kier alpha value is -3.14. The van der Waals surface area contributed by atoms with Crippen molar-refractivity contribution in [1.29, 1.82) is 5.26 Å². The van der Waals surface area contributed by atoms with E-state index in [0.717, 1.165) is 4.57 Å². The number of amides is 1. The molecule has 0 aliphatic rings. The van der Waals surface area contributed by atoms with Gasteiger partial charge >= 0.3 is 5.69 Å². The van der Waals surface area contributed by atoms with Gasteiger partial charge < -0.3 is 5.32 Å². The van der Waals surface area contributed by atoms with Gasteiger partial charge in [0.05, 0.1) is 0 Å². The summed E-state index contributed by atoms with van der Waals surface area (Å²) in [6, 6.07) is 6.15. The van der Waals surface area contributed by atoms with E-state index in [1.807, 2.05) is 0 Å². The standard InChI is InChI=1S/C23H30N4O3/c1-7-26-13-17(12-24)21(29)27(22(26)30)14-20(28)25-9-8-19-15(2)10-18(11-16(19)3)23(4,5)6/h10-11,13H,7-9,14H2,1-6H3,(H,25,28). The van der Waals surface area contributed by atoms with Crippen molar-refractivity contribution in [2.75, 3.05) is 6.54 Å².